The Hall–Kier alpha value is -2.74. The number of hydrogen-bond acceptors (Lipinski definition) is 5. The topological polar surface area (TPSA) is 75.9 Å². The Kier molecular flexibility index (Phi) is 4.65. The van der Waals surface area contributed by atoms with E-state index in [-0.39, 0.29) is 11.9 Å². The number of anilines is 2. The van der Waals surface area contributed by atoms with Gasteiger partial charge >= 0.3 is 0 Å². The SMILES string of the molecule is Cc1ccn(-c2ccc(NC3CCN(c4ccc(Br)c(C)c4)C3=O)nn2)n1. The van der Waals surface area contributed by atoms with E-state index < -0.39 is 0 Å². The lowest BCUT2D eigenvalue weighted by atomic mass is 10.2. The number of amides is 1. The number of aromatic nitrogens is 4. The number of nitrogens with zero attached hydrogens (tertiary/aromatic N) is 5. The monoisotopic (exact) mass is 426 g/mol. The Labute approximate surface area is 165 Å². The first kappa shape index (κ1) is 17.7. The van der Waals surface area contributed by atoms with Crippen LogP contribution in [0, 0.1) is 13.8 Å². The number of carbonyl (C=O) groups is 1. The second-order valence-electron chi connectivity index (χ2n) is 6.59. The lowest BCUT2D eigenvalue weighted by Crippen LogP contribution is -2.33. The molecule has 1 atom stereocenters. The Balaban J connectivity index is 1.45. The highest BCUT2D eigenvalue weighted by atomic mass is 79.9. The van der Waals surface area contributed by atoms with Crippen LogP contribution in [0.1, 0.15) is 17.7 Å². The van der Waals surface area contributed by atoms with Gasteiger partial charge in [0.05, 0.1) is 5.69 Å². The third kappa shape index (κ3) is 3.57. The molecule has 1 fully saturated rings. The highest BCUT2D eigenvalue weighted by Gasteiger charge is 2.32. The maximum atomic E-state index is 12.8. The van der Waals surface area contributed by atoms with Gasteiger partial charge in [0.25, 0.3) is 0 Å². The van der Waals surface area contributed by atoms with Gasteiger partial charge in [0, 0.05) is 22.9 Å². The average Bonchev–Trinajstić information content (AvgIpc) is 3.25. The summed E-state index contributed by atoms with van der Waals surface area (Å²) in [5.41, 5.74) is 2.94. The zero-order valence-corrected chi connectivity index (χ0v) is 16.6. The van der Waals surface area contributed by atoms with Crippen LogP contribution in [0.25, 0.3) is 5.82 Å². The van der Waals surface area contributed by atoms with Crippen molar-refractivity contribution >= 4 is 33.3 Å². The van der Waals surface area contributed by atoms with E-state index in [9.17, 15) is 4.79 Å². The molecule has 0 radical (unpaired) electrons. The molecule has 1 aromatic carbocycles. The van der Waals surface area contributed by atoms with Gasteiger partial charge in [0.1, 0.15) is 11.9 Å². The highest BCUT2D eigenvalue weighted by molar-refractivity contribution is 9.10. The van der Waals surface area contributed by atoms with E-state index in [1.54, 1.807) is 4.68 Å². The molecular weight excluding hydrogens is 408 g/mol. The van der Waals surface area contributed by atoms with Crippen molar-refractivity contribution in [3.05, 3.63) is 58.3 Å². The van der Waals surface area contributed by atoms with Crippen LogP contribution < -0.4 is 10.2 Å². The normalized spacial score (nSPS) is 16.8. The Morgan fingerprint density at radius 1 is 1.15 bits per heavy atom. The zero-order chi connectivity index (χ0) is 19.0. The van der Waals surface area contributed by atoms with Crippen LogP contribution in [0.3, 0.4) is 0 Å². The quantitative estimate of drug-likeness (QED) is 0.692. The van der Waals surface area contributed by atoms with Gasteiger partial charge in [-0.3, -0.25) is 4.79 Å². The number of benzene rings is 1. The first-order valence-electron chi connectivity index (χ1n) is 8.72. The summed E-state index contributed by atoms with van der Waals surface area (Å²) in [6, 6.07) is 11.2. The van der Waals surface area contributed by atoms with Crippen LogP contribution in [0.2, 0.25) is 0 Å². The fraction of sp³-hybridized carbons (Fsp3) is 0.263. The van der Waals surface area contributed by atoms with Gasteiger partial charge in [0.2, 0.25) is 5.91 Å². The summed E-state index contributed by atoms with van der Waals surface area (Å²) in [6.45, 7) is 4.61. The molecule has 1 unspecified atom stereocenters. The minimum absolute atomic E-state index is 0.0466. The molecule has 1 N–H and O–H groups in total. The van der Waals surface area contributed by atoms with Crippen LogP contribution in [0.15, 0.2) is 47.1 Å². The molecule has 4 rings (SSSR count). The smallest absolute Gasteiger partial charge is 0.249 e. The van der Waals surface area contributed by atoms with Gasteiger partial charge < -0.3 is 10.2 Å². The van der Waals surface area contributed by atoms with Crippen molar-refractivity contribution in [1.82, 2.24) is 20.0 Å². The lowest BCUT2D eigenvalue weighted by Gasteiger charge is -2.18. The molecule has 0 saturated carbocycles. The molecule has 0 spiro atoms. The minimum Gasteiger partial charge on any atom is -0.357 e. The van der Waals surface area contributed by atoms with Gasteiger partial charge in [-0.1, -0.05) is 15.9 Å². The summed E-state index contributed by atoms with van der Waals surface area (Å²) in [6.07, 6.45) is 2.56. The van der Waals surface area contributed by atoms with Crippen LogP contribution in [0.5, 0.6) is 0 Å². The summed E-state index contributed by atoms with van der Waals surface area (Å²) in [5, 5.41) is 15.9. The molecule has 2 aromatic heterocycles. The number of hydrogen-bond donors (Lipinski definition) is 1. The van der Waals surface area contributed by atoms with Crippen molar-refractivity contribution in [1.29, 1.82) is 0 Å². The van der Waals surface area contributed by atoms with Crippen molar-refractivity contribution in [3.8, 4) is 5.82 Å². The number of nitrogens with one attached hydrogen (secondary N) is 1. The van der Waals surface area contributed by atoms with E-state index in [4.69, 9.17) is 0 Å². The largest absolute Gasteiger partial charge is 0.357 e. The van der Waals surface area contributed by atoms with Crippen LogP contribution in [-0.2, 0) is 4.79 Å². The Bertz CT molecular complexity index is 984. The number of carbonyl (C=O) groups excluding carboxylic acids is 1. The molecule has 27 heavy (non-hydrogen) atoms. The van der Waals surface area contributed by atoms with E-state index in [1.165, 1.54) is 0 Å². The molecule has 1 aliphatic rings. The number of rotatable bonds is 4. The third-order valence-electron chi connectivity index (χ3n) is 4.59. The van der Waals surface area contributed by atoms with Gasteiger partial charge in [0.15, 0.2) is 5.82 Å². The Morgan fingerprint density at radius 3 is 2.67 bits per heavy atom. The first-order chi connectivity index (χ1) is 13.0. The predicted molar refractivity (Wildman–Crippen MR) is 107 cm³/mol. The Morgan fingerprint density at radius 2 is 2.00 bits per heavy atom. The van der Waals surface area contributed by atoms with E-state index in [1.807, 2.05) is 61.3 Å². The van der Waals surface area contributed by atoms with Crippen molar-refractivity contribution in [3.63, 3.8) is 0 Å². The maximum absolute atomic E-state index is 12.8. The van der Waals surface area contributed by atoms with Gasteiger partial charge in [-0.05, 0) is 62.2 Å². The molecule has 8 heteroatoms. The average molecular weight is 427 g/mol. The van der Waals surface area contributed by atoms with Crippen LogP contribution >= 0.6 is 15.9 Å². The zero-order valence-electron chi connectivity index (χ0n) is 15.1. The van der Waals surface area contributed by atoms with E-state index in [2.05, 4.69) is 36.5 Å². The van der Waals surface area contributed by atoms with Crippen LogP contribution in [-0.4, -0.2) is 38.5 Å². The fourth-order valence-corrected chi connectivity index (χ4v) is 3.36. The summed E-state index contributed by atoms with van der Waals surface area (Å²) in [7, 11) is 0. The third-order valence-corrected chi connectivity index (χ3v) is 5.48. The highest BCUT2D eigenvalue weighted by Crippen LogP contribution is 2.27. The second-order valence-corrected chi connectivity index (χ2v) is 7.44. The summed E-state index contributed by atoms with van der Waals surface area (Å²) >= 11 is 3.50. The second kappa shape index (κ2) is 7.11. The van der Waals surface area contributed by atoms with Crippen LogP contribution in [0.4, 0.5) is 11.5 Å². The molecule has 7 nitrogen and oxygen atoms in total. The molecule has 1 amide bonds. The predicted octanol–water partition coefficient (Wildman–Crippen LogP) is 3.26. The first-order valence-corrected chi connectivity index (χ1v) is 9.51. The maximum Gasteiger partial charge on any atom is 0.249 e. The standard InChI is InChI=1S/C19H19BrN6O/c1-12-11-14(3-4-15(12)20)25-9-8-16(19(25)27)21-17-5-6-18(23-22-17)26-10-7-13(2)24-26/h3-7,10-11,16H,8-9H2,1-2H3,(H,21,22). The number of aryl methyl sites for hydroxylation is 2. The minimum atomic E-state index is -0.305. The fourth-order valence-electron chi connectivity index (χ4n) is 3.11. The van der Waals surface area contributed by atoms with Crippen molar-refractivity contribution in [2.75, 3.05) is 16.8 Å². The van der Waals surface area contributed by atoms with Crippen molar-refractivity contribution in [2.45, 2.75) is 26.3 Å². The van der Waals surface area contributed by atoms with Gasteiger partial charge in [-0.25, -0.2) is 4.68 Å². The molecule has 1 saturated heterocycles. The van der Waals surface area contributed by atoms with Crippen molar-refractivity contribution in [2.24, 2.45) is 0 Å². The molecule has 1 aliphatic heterocycles. The summed E-state index contributed by atoms with van der Waals surface area (Å²) < 4.78 is 2.71. The summed E-state index contributed by atoms with van der Waals surface area (Å²) in [5.74, 6) is 1.26. The van der Waals surface area contributed by atoms with Gasteiger partial charge in [-0.2, -0.15) is 5.10 Å². The molecule has 138 valence electrons. The van der Waals surface area contributed by atoms with E-state index >= 15 is 0 Å². The molecular formula is C19H19BrN6O. The molecule has 3 aromatic rings. The molecule has 3 heterocycles. The lowest BCUT2D eigenvalue weighted by molar-refractivity contribution is -0.117. The molecule has 0 aliphatic carbocycles. The molecule has 0 bridgehead atoms. The summed E-state index contributed by atoms with van der Waals surface area (Å²) in [4.78, 5) is 14.6. The van der Waals surface area contributed by atoms with E-state index in [0.29, 0.717) is 18.2 Å². The number of halogens is 1. The van der Waals surface area contributed by atoms with Crippen molar-refractivity contribution < 1.29 is 4.79 Å². The van der Waals surface area contributed by atoms with E-state index in [0.717, 1.165) is 27.8 Å². The van der Waals surface area contributed by atoms with Gasteiger partial charge in [-0.15, -0.1) is 10.2 Å².